The molecule has 2 aliphatic rings. The van der Waals surface area contributed by atoms with E-state index in [1.54, 1.807) is 26.2 Å². The molecule has 2 heterocycles. The standard InChI is InChI=1S/C19H26N4O4/c1-4-27-18(25)15-16(13-5-7-14(26-3)8-6-13)20-19(21-17(15)24)23-11-9-22(2)10-12-23/h5-8,15-16H,4,9-12H2,1-3H3,(H,20,21,24)/p+1/t15-,16-/m0/s1. The van der Waals surface area contributed by atoms with Crippen LogP contribution >= 0.6 is 0 Å². The van der Waals surface area contributed by atoms with Crippen molar-refractivity contribution in [2.24, 2.45) is 10.9 Å². The zero-order chi connectivity index (χ0) is 19.4. The minimum Gasteiger partial charge on any atom is -0.497 e. The number of likely N-dealkylation sites (N-methyl/N-ethyl adjacent to an activating group) is 1. The molecule has 8 heteroatoms. The summed E-state index contributed by atoms with van der Waals surface area (Å²) in [5.41, 5.74) is 0.779. The fraction of sp³-hybridized carbons (Fsp3) is 0.526. The van der Waals surface area contributed by atoms with E-state index in [0.717, 1.165) is 31.7 Å². The highest BCUT2D eigenvalue weighted by atomic mass is 16.5. The van der Waals surface area contributed by atoms with Crippen LogP contribution in [0.2, 0.25) is 0 Å². The summed E-state index contributed by atoms with van der Waals surface area (Å²) < 4.78 is 10.3. The van der Waals surface area contributed by atoms with Gasteiger partial charge in [-0.1, -0.05) is 12.1 Å². The zero-order valence-electron chi connectivity index (χ0n) is 16.0. The molecule has 0 saturated carbocycles. The molecule has 1 saturated heterocycles. The molecule has 3 rings (SSSR count). The molecule has 27 heavy (non-hydrogen) atoms. The smallest absolute Gasteiger partial charge is 0.321 e. The van der Waals surface area contributed by atoms with E-state index in [1.807, 2.05) is 12.1 Å². The first-order valence-corrected chi connectivity index (χ1v) is 9.29. The largest absolute Gasteiger partial charge is 0.497 e. The van der Waals surface area contributed by atoms with Gasteiger partial charge in [0.1, 0.15) is 11.8 Å². The van der Waals surface area contributed by atoms with Crippen molar-refractivity contribution in [1.29, 1.82) is 0 Å². The predicted octanol–water partition coefficient (Wildman–Crippen LogP) is -0.768. The number of carbonyl (C=O) groups is 2. The highest BCUT2D eigenvalue weighted by Gasteiger charge is 2.42. The summed E-state index contributed by atoms with van der Waals surface area (Å²) >= 11 is 0. The van der Waals surface area contributed by atoms with Gasteiger partial charge in [0.25, 0.3) is 0 Å². The zero-order valence-corrected chi connectivity index (χ0v) is 16.0. The molecule has 1 amide bonds. The van der Waals surface area contributed by atoms with E-state index in [2.05, 4.69) is 17.3 Å². The maximum absolute atomic E-state index is 12.8. The Bertz CT molecular complexity index is 711. The number of carbonyl (C=O) groups excluding carboxylic acids is 2. The average molecular weight is 375 g/mol. The van der Waals surface area contributed by atoms with Crippen LogP contribution in [0.4, 0.5) is 0 Å². The molecular formula is C19H27N4O4+. The number of amides is 1. The van der Waals surface area contributed by atoms with Crippen molar-refractivity contribution in [3.05, 3.63) is 29.8 Å². The number of quaternary nitrogens is 1. The molecule has 0 unspecified atom stereocenters. The number of esters is 1. The molecule has 146 valence electrons. The Morgan fingerprint density at radius 1 is 1.30 bits per heavy atom. The van der Waals surface area contributed by atoms with E-state index in [0.29, 0.717) is 11.7 Å². The average Bonchev–Trinajstić information content (AvgIpc) is 2.68. The molecule has 2 N–H and O–H groups in total. The summed E-state index contributed by atoms with van der Waals surface area (Å²) in [4.78, 5) is 33.5. The molecule has 0 spiro atoms. The highest BCUT2D eigenvalue weighted by molar-refractivity contribution is 6.08. The van der Waals surface area contributed by atoms with Crippen LogP contribution in [-0.4, -0.2) is 69.7 Å². The number of piperazine rings is 1. The lowest BCUT2D eigenvalue weighted by Crippen LogP contribution is -3.12. The highest BCUT2D eigenvalue weighted by Crippen LogP contribution is 2.31. The van der Waals surface area contributed by atoms with Crippen LogP contribution in [0.25, 0.3) is 0 Å². The van der Waals surface area contributed by atoms with E-state index in [-0.39, 0.29) is 12.5 Å². The van der Waals surface area contributed by atoms with E-state index in [1.165, 1.54) is 4.90 Å². The summed E-state index contributed by atoms with van der Waals surface area (Å²) in [6, 6.07) is 6.66. The summed E-state index contributed by atoms with van der Waals surface area (Å²) in [5.74, 6) is -0.682. The number of hydrogen-bond donors (Lipinski definition) is 2. The normalized spacial score (nSPS) is 23.4. The Morgan fingerprint density at radius 3 is 2.56 bits per heavy atom. The van der Waals surface area contributed by atoms with E-state index >= 15 is 0 Å². The third-order valence-electron chi connectivity index (χ3n) is 5.01. The fourth-order valence-electron chi connectivity index (χ4n) is 3.37. The van der Waals surface area contributed by atoms with Gasteiger partial charge in [0, 0.05) is 0 Å². The number of rotatable bonds is 4. The van der Waals surface area contributed by atoms with E-state index < -0.39 is 17.9 Å². The number of ether oxygens (including phenoxy) is 2. The fourth-order valence-corrected chi connectivity index (χ4v) is 3.37. The molecule has 2 aliphatic heterocycles. The molecule has 0 radical (unpaired) electrons. The van der Waals surface area contributed by atoms with Gasteiger partial charge in [-0.2, -0.15) is 0 Å². The van der Waals surface area contributed by atoms with Crippen molar-refractivity contribution in [1.82, 2.24) is 10.2 Å². The second-order valence-electron chi connectivity index (χ2n) is 6.83. The van der Waals surface area contributed by atoms with Gasteiger partial charge in [0.05, 0.1) is 46.9 Å². The SMILES string of the molecule is CCOC(=O)[C@@H]1C(=O)NC(N2CC[NH+](C)CC2)=N[C@H]1c1ccc(OC)cc1. The summed E-state index contributed by atoms with van der Waals surface area (Å²) in [7, 11) is 3.74. The molecule has 0 bridgehead atoms. The minimum atomic E-state index is -1.000. The van der Waals surface area contributed by atoms with Crippen molar-refractivity contribution in [3.8, 4) is 5.75 Å². The van der Waals surface area contributed by atoms with Crippen LogP contribution < -0.4 is 15.0 Å². The maximum Gasteiger partial charge on any atom is 0.321 e. The third kappa shape index (κ3) is 4.21. The van der Waals surface area contributed by atoms with Crippen LogP contribution in [0.1, 0.15) is 18.5 Å². The molecule has 0 aliphatic carbocycles. The number of methoxy groups -OCH3 is 1. The topological polar surface area (TPSA) is 84.7 Å². The van der Waals surface area contributed by atoms with Crippen molar-refractivity contribution >= 4 is 17.8 Å². The van der Waals surface area contributed by atoms with E-state index in [9.17, 15) is 9.59 Å². The molecular weight excluding hydrogens is 348 g/mol. The van der Waals surface area contributed by atoms with Gasteiger partial charge < -0.3 is 19.3 Å². The summed E-state index contributed by atoms with van der Waals surface area (Å²) in [6.45, 7) is 5.51. The van der Waals surface area contributed by atoms with Crippen LogP contribution in [0, 0.1) is 5.92 Å². The van der Waals surface area contributed by atoms with E-state index in [4.69, 9.17) is 14.5 Å². The number of nitrogens with one attached hydrogen (secondary N) is 2. The lowest BCUT2D eigenvalue weighted by atomic mass is 9.91. The van der Waals surface area contributed by atoms with Crippen LogP contribution in [0.15, 0.2) is 29.3 Å². The van der Waals surface area contributed by atoms with Crippen LogP contribution in [-0.2, 0) is 14.3 Å². The first-order valence-electron chi connectivity index (χ1n) is 9.29. The van der Waals surface area contributed by atoms with Gasteiger partial charge in [-0.3, -0.25) is 14.9 Å². The predicted molar refractivity (Wildman–Crippen MR) is 99.6 cm³/mol. The monoisotopic (exact) mass is 375 g/mol. The Hall–Kier alpha value is -2.61. The van der Waals surface area contributed by atoms with Gasteiger partial charge >= 0.3 is 5.97 Å². The molecule has 0 aromatic heterocycles. The first-order chi connectivity index (χ1) is 13.0. The quantitative estimate of drug-likeness (QED) is 0.533. The van der Waals surface area contributed by atoms with Crippen LogP contribution in [0.5, 0.6) is 5.75 Å². The second-order valence-corrected chi connectivity index (χ2v) is 6.83. The summed E-state index contributed by atoms with van der Waals surface area (Å²) in [5, 5.41) is 2.81. The van der Waals surface area contributed by atoms with Crippen molar-refractivity contribution in [2.45, 2.75) is 13.0 Å². The van der Waals surface area contributed by atoms with Gasteiger partial charge in [-0.05, 0) is 24.6 Å². The molecule has 1 aromatic rings. The summed E-state index contributed by atoms with van der Waals surface area (Å²) in [6.07, 6.45) is 0. The van der Waals surface area contributed by atoms with Crippen molar-refractivity contribution < 1.29 is 24.0 Å². The van der Waals surface area contributed by atoms with Crippen molar-refractivity contribution in [3.63, 3.8) is 0 Å². The Kier molecular flexibility index (Phi) is 5.95. The third-order valence-corrected chi connectivity index (χ3v) is 5.01. The molecule has 1 aromatic carbocycles. The Labute approximate surface area is 159 Å². The first kappa shape index (κ1) is 19.2. The van der Waals surface area contributed by atoms with Gasteiger partial charge in [-0.15, -0.1) is 0 Å². The number of nitrogens with zero attached hydrogens (tertiary/aromatic N) is 2. The number of benzene rings is 1. The van der Waals surface area contributed by atoms with Crippen LogP contribution in [0.3, 0.4) is 0 Å². The number of guanidine groups is 1. The number of hydrogen-bond acceptors (Lipinski definition) is 6. The van der Waals surface area contributed by atoms with Crippen molar-refractivity contribution in [2.75, 3.05) is 46.9 Å². The minimum absolute atomic E-state index is 0.218. The second kappa shape index (κ2) is 8.39. The van der Waals surface area contributed by atoms with Gasteiger partial charge in [-0.25, -0.2) is 4.99 Å². The number of aliphatic imine (C=N–C) groups is 1. The Balaban J connectivity index is 1.93. The maximum atomic E-state index is 12.8. The lowest BCUT2D eigenvalue weighted by Gasteiger charge is -2.36. The molecule has 8 nitrogen and oxygen atoms in total. The van der Waals surface area contributed by atoms with Gasteiger partial charge in [0.2, 0.25) is 11.9 Å². The Morgan fingerprint density at radius 2 is 1.96 bits per heavy atom. The molecule has 2 atom stereocenters. The molecule has 1 fully saturated rings. The van der Waals surface area contributed by atoms with Gasteiger partial charge in [0.15, 0.2) is 5.92 Å². The lowest BCUT2D eigenvalue weighted by molar-refractivity contribution is -0.883.